The number of primary amides is 1. The van der Waals surface area contributed by atoms with Crippen LogP contribution in [0.3, 0.4) is 0 Å². The van der Waals surface area contributed by atoms with Crippen molar-refractivity contribution in [2.45, 2.75) is 32.9 Å². The molecule has 186 valence electrons. The molecule has 2 fully saturated rings. The van der Waals surface area contributed by atoms with Gasteiger partial charge in [0.15, 0.2) is 0 Å². The van der Waals surface area contributed by atoms with Crippen molar-refractivity contribution in [3.05, 3.63) is 69.2 Å². The highest BCUT2D eigenvalue weighted by atomic mass is 32.2. The Hall–Kier alpha value is -3.37. The Balaban J connectivity index is 1.61. The first-order valence-corrected chi connectivity index (χ1v) is 13.1. The number of thiocarbonyl (C=S) groups is 1. The fourth-order valence-electron chi connectivity index (χ4n) is 4.91. The van der Waals surface area contributed by atoms with E-state index in [2.05, 4.69) is 4.90 Å². The van der Waals surface area contributed by atoms with Crippen LogP contribution >= 0.6 is 24.0 Å². The average Bonchev–Trinajstić information content (AvgIpc) is 3.49. The van der Waals surface area contributed by atoms with Crippen molar-refractivity contribution in [1.82, 2.24) is 9.47 Å². The lowest BCUT2D eigenvalue weighted by Crippen LogP contribution is -2.40. The van der Waals surface area contributed by atoms with E-state index < -0.39 is 0 Å². The van der Waals surface area contributed by atoms with Gasteiger partial charge in [-0.25, -0.2) is 0 Å². The molecule has 5 rings (SSSR count). The highest BCUT2D eigenvalue weighted by molar-refractivity contribution is 8.26. The molecule has 2 amide bonds. The second kappa shape index (κ2) is 9.94. The number of anilines is 1. The van der Waals surface area contributed by atoms with Gasteiger partial charge in [-0.3, -0.25) is 19.3 Å². The first kappa shape index (κ1) is 24.3. The van der Waals surface area contributed by atoms with E-state index in [1.807, 2.05) is 31.2 Å². The van der Waals surface area contributed by atoms with E-state index >= 15 is 0 Å². The number of furan rings is 1. The van der Waals surface area contributed by atoms with E-state index in [9.17, 15) is 14.4 Å². The summed E-state index contributed by atoms with van der Waals surface area (Å²) in [6.07, 6.45) is 4.47. The smallest absolute Gasteiger partial charge is 0.266 e. The summed E-state index contributed by atoms with van der Waals surface area (Å²) in [5.41, 5.74) is 7.44. The van der Waals surface area contributed by atoms with Gasteiger partial charge in [0.25, 0.3) is 11.5 Å². The number of piperidine rings is 1. The number of rotatable bonds is 6. The predicted octanol–water partition coefficient (Wildman–Crippen LogP) is 3.72. The van der Waals surface area contributed by atoms with Crippen LogP contribution in [0.5, 0.6) is 0 Å². The van der Waals surface area contributed by atoms with Crippen LogP contribution in [0.25, 0.3) is 17.0 Å². The van der Waals surface area contributed by atoms with E-state index in [1.165, 1.54) is 16.7 Å². The number of hydrogen-bond donors (Lipinski definition) is 1. The Morgan fingerprint density at radius 1 is 1.19 bits per heavy atom. The number of nitrogens with two attached hydrogens (primary N) is 1. The number of thioether (sulfide) groups is 1. The fourth-order valence-corrected chi connectivity index (χ4v) is 6.15. The topological polar surface area (TPSA) is 102 Å². The Labute approximate surface area is 217 Å². The molecule has 10 heteroatoms. The lowest BCUT2D eigenvalue weighted by molar-refractivity contribution is -0.123. The molecule has 0 bridgehead atoms. The van der Waals surface area contributed by atoms with Crippen molar-refractivity contribution in [3.8, 4) is 0 Å². The number of aryl methyl sites for hydroxylation is 1. The van der Waals surface area contributed by atoms with Gasteiger partial charge in [0.05, 0.1) is 34.5 Å². The predicted molar refractivity (Wildman–Crippen MR) is 145 cm³/mol. The third-order valence-electron chi connectivity index (χ3n) is 6.75. The fraction of sp³-hybridized carbons (Fsp3) is 0.308. The maximum absolute atomic E-state index is 13.8. The standard InChI is InChI=1S/C26H26N4O4S2/c1-2-29-20-8-4-3-7-18(20)22(28-11-9-16(10-12-28)23(27)31)19(24(29)32)14-21-25(33)30(26(35)36-21)15-17-6-5-13-34-17/h3-8,13-14,16H,2,9-12,15H2,1H3,(H2,27,31). The molecule has 2 aromatic heterocycles. The lowest BCUT2D eigenvalue weighted by Gasteiger charge is -2.34. The molecule has 8 nitrogen and oxygen atoms in total. The van der Waals surface area contributed by atoms with Crippen molar-refractivity contribution in [2.75, 3.05) is 18.0 Å². The minimum atomic E-state index is -0.290. The number of hydrogen-bond acceptors (Lipinski definition) is 7. The van der Waals surface area contributed by atoms with Crippen LogP contribution in [-0.4, -0.2) is 38.7 Å². The third-order valence-corrected chi connectivity index (χ3v) is 8.13. The zero-order valence-electron chi connectivity index (χ0n) is 19.8. The molecule has 0 atom stereocenters. The van der Waals surface area contributed by atoms with Gasteiger partial charge in [0.1, 0.15) is 10.1 Å². The Morgan fingerprint density at radius 3 is 2.61 bits per heavy atom. The minimum absolute atomic E-state index is 0.167. The van der Waals surface area contributed by atoms with Crippen LogP contribution in [0, 0.1) is 5.92 Å². The molecule has 2 N–H and O–H groups in total. The number of nitrogens with zero attached hydrogens (tertiary/aromatic N) is 3. The minimum Gasteiger partial charge on any atom is -0.467 e. The normalized spacial score (nSPS) is 18.1. The summed E-state index contributed by atoms with van der Waals surface area (Å²) >= 11 is 6.67. The lowest BCUT2D eigenvalue weighted by atomic mass is 9.94. The highest BCUT2D eigenvalue weighted by Crippen LogP contribution is 2.37. The van der Waals surface area contributed by atoms with E-state index in [-0.39, 0.29) is 29.8 Å². The molecule has 2 aliphatic rings. The van der Waals surface area contributed by atoms with Gasteiger partial charge in [0, 0.05) is 30.9 Å². The first-order chi connectivity index (χ1) is 17.4. The monoisotopic (exact) mass is 522 g/mol. The quantitative estimate of drug-likeness (QED) is 0.389. The van der Waals surface area contributed by atoms with Crippen LogP contribution in [-0.2, 0) is 22.7 Å². The summed E-state index contributed by atoms with van der Waals surface area (Å²) in [5.74, 6) is -0.0915. The summed E-state index contributed by atoms with van der Waals surface area (Å²) in [6.45, 7) is 3.84. The first-order valence-electron chi connectivity index (χ1n) is 11.9. The number of amides is 2. The van der Waals surface area contributed by atoms with Crippen molar-refractivity contribution >= 4 is 62.8 Å². The average molecular weight is 523 g/mol. The van der Waals surface area contributed by atoms with Crippen LogP contribution < -0.4 is 16.2 Å². The summed E-state index contributed by atoms with van der Waals surface area (Å²) < 4.78 is 7.54. The summed E-state index contributed by atoms with van der Waals surface area (Å²) in [4.78, 5) is 42.9. The molecule has 0 spiro atoms. The Bertz CT molecular complexity index is 1440. The second-order valence-corrected chi connectivity index (χ2v) is 10.5. The number of para-hydroxylation sites is 1. The molecule has 0 saturated carbocycles. The summed E-state index contributed by atoms with van der Waals surface area (Å²) in [6, 6.07) is 11.3. The maximum atomic E-state index is 13.8. The van der Waals surface area contributed by atoms with Gasteiger partial charge in [0.2, 0.25) is 5.91 Å². The molecular formula is C26H26N4O4S2. The van der Waals surface area contributed by atoms with Gasteiger partial charge < -0.3 is 19.6 Å². The van der Waals surface area contributed by atoms with E-state index in [0.29, 0.717) is 53.0 Å². The summed E-state index contributed by atoms with van der Waals surface area (Å²) in [5, 5.41) is 0.925. The van der Waals surface area contributed by atoms with Crippen molar-refractivity contribution in [2.24, 2.45) is 11.7 Å². The molecular weight excluding hydrogens is 496 g/mol. The maximum Gasteiger partial charge on any atom is 0.266 e. The second-order valence-electron chi connectivity index (χ2n) is 8.84. The number of carbonyl (C=O) groups is 2. The Morgan fingerprint density at radius 2 is 1.94 bits per heavy atom. The SMILES string of the molecule is CCn1c(=O)c(C=C2SC(=S)N(Cc3ccco3)C2=O)c(N2CCC(C(N)=O)CC2)c2ccccc21. The van der Waals surface area contributed by atoms with Crippen LogP contribution in [0.4, 0.5) is 5.69 Å². The van der Waals surface area contributed by atoms with Gasteiger partial charge in [-0.2, -0.15) is 0 Å². The van der Waals surface area contributed by atoms with Crippen LogP contribution in [0.15, 0.2) is 56.8 Å². The van der Waals surface area contributed by atoms with Crippen LogP contribution in [0.2, 0.25) is 0 Å². The van der Waals surface area contributed by atoms with Crippen molar-refractivity contribution in [1.29, 1.82) is 0 Å². The number of fused-ring (bicyclic) bond motifs is 1. The summed E-state index contributed by atoms with van der Waals surface area (Å²) in [7, 11) is 0. The molecule has 2 saturated heterocycles. The number of carbonyl (C=O) groups excluding carboxylic acids is 2. The third kappa shape index (κ3) is 4.35. The Kier molecular flexibility index (Phi) is 6.72. The highest BCUT2D eigenvalue weighted by Gasteiger charge is 2.34. The molecule has 0 unspecified atom stereocenters. The zero-order valence-corrected chi connectivity index (χ0v) is 21.4. The van der Waals surface area contributed by atoms with Gasteiger partial charge in [-0.15, -0.1) is 0 Å². The van der Waals surface area contributed by atoms with Crippen LogP contribution in [0.1, 0.15) is 31.1 Å². The van der Waals surface area contributed by atoms with Gasteiger partial charge >= 0.3 is 0 Å². The molecule has 3 aromatic rings. The molecule has 1 aromatic carbocycles. The molecule has 0 aliphatic carbocycles. The number of benzene rings is 1. The molecule has 2 aliphatic heterocycles. The van der Waals surface area contributed by atoms with Gasteiger partial charge in [-0.1, -0.05) is 42.2 Å². The van der Waals surface area contributed by atoms with Crippen molar-refractivity contribution < 1.29 is 14.0 Å². The zero-order chi connectivity index (χ0) is 25.4. The largest absolute Gasteiger partial charge is 0.467 e. The number of pyridine rings is 1. The number of aromatic nitrogens is 1. The van der Waals surface area contributed by atoms with E-state index in [4.69, 9.17) is 22.4 Å². The van der Waals surface area contributed by atoms with E-state index in [1.54, 1.807) is 29.0 Å². The molecule has 4 heterocycles. The van der Waals surface area contributed by atoms with Gasteiger partial charge in [-0.05, 0) is 44.0 Å². The van der Waals surface area contributed by atoms with E-state index in [0.717, 1.165) is 16.6 Å². The molecule has 36 heavy (non-hydrogen) atoms. The van der Waals surface area contributed by atoms with Crippen molar-refractivity contribution in [3.63, 3.8) is 0 Å². The molecule has 0 radical (unpaired) electrons.